The molecular formula is C23H27ClN2O6S. The number of carbonyl (C=O) groups is 3. The smallest absolute Gasteiger partial charge is 0.411 e. The van der Waals surface area contributed by atoms with Gasteiger partial charge in [-0.25, -0.2) is 9.59 Å². The minimum atomic E-state index is -1.05. The van der Waals surface area contributed by atoms with Crippen molar-refractivity contribution in [3.8, 4) is 0 Å². The highest BCUT2D eigenvalue weighted by Gasteiger charge is 2.47. The van der Waals surface area contributed by atoms with Crippen LogP contribution in [-0.2, 0) is 19.1 Å². The molecule has 1 aliphatic rings. The van der Waals surface area contributed by atoms with Crippen LogP contribution < -0.4 is 0 Å². The first kappa shape index (κ1) is 25.0. The van der Waals surface area contributed by atoms with Crippen LogP contribution in [0.15, 0.2) is 36.9 Å². The number of fused-ring (bicyclic) bond motifs is 3. The van der Waals surface area contributed by atoms with E-state index < -0.39 is 35.1 Å². The Morgan fingerprint density at radius 2 is 2.00 bits per heavy atom. The molecule has 0 aliphatic carbocycles. The Morgan fingerprint density at radius 1 is 1.30 bits per heavy atom. The molecule has 0 saturated carbocycles. The van der Waals surface area contributed by atoms with Crippen LogP contribution in [0.1, 0.15) is 50.2 Å². The normalized spacial score (nSPS) is 17.9. The first-order chi connectivity index (χ1) is 15.6. The van der Waals surface area contributed by atoms with Gasteiger partial charge in [0.05, 0.1) is 19.8 Å². The van der Waals surface area contributed by atoms with E-state index >= 15 is 0 Å². The predicted molar refractivity (Wildman–Crippen MR) is 126 cm³/mol. The van der Waals surface area contributed by atoms with E-state index in [4.69, 9.17) is 25.9 Å². The van der Waals surface area contributed by atoms with Crippen LogP contribution in [0, 0.1) is 0 Å². The molecule has 0 fully saturated rings. The number of hydrogen-bond acceptors (Lipinski definition) is 7. The van der Waals surface area contributed by atoms with Crippen molar-refractivity contribution in [3.63, 3.8) is 0 Å². The summed E-state index contributed by atoms with van der Waals surface area (Å²) in [6.07, 6.45) is 0.770. The van der Waals surface area contributed by atoms with Crippen molar-refractivity contribution in [2.45, 2.75) is 45.4 Å². The Labute approximate surface area is 201 Å². The van der Waals surface area contributed by atoms with Gasteiger partial charge < -0.3 is 9.47 Å². The molecule has 2 amide bonds. The zero-order chi connectivity index (χ0) is 24.3. The third kappa shape index (κ3) is 5.31. The summed E-state index contributed by atoms with van der Waals surface area (Å²) in [6, 6.07) is 5.69. The van der Waals surface area contributed by atoms with Crippen molar-refractivity contribution < 1.29 is 28.7 Å². The molecule has 1 aromatic heterocycles. The van der Waals surface area contributed by atoms with Crippen molar-refractivity contribution in [1.29, 1.82) is 0 Å². The molecule has 1 aliphatic heterocycles. The zero-order valence-electron chi connectivity index (χ0n) is 19.0. The summed E-state index contributed by atoms with van der Waals surface area (Å²) < 4.78 is 11.8. The monoisotopic (exact) mass is 494 g/mol. The molecule has 2 aromatic rings. The molecule has 10 heteroatoms. The van der Waals surface area contributed by atoms with E-state index in [0.717, 1.165) is 15.1 Å². The second kappa shape index (κ2) is 10.1. The minimum absolute atomic E-state index is 0.0307. The summed E-state index contributed by atoms with van der Waals surface area (Å²) in [5, 5.41) is 0.930. The lowest BCUT2D eigenvalue weighted by Crippen LogP contribution is -2.50. The van der Waals surface area contributed by atoms with Gasteiger partial charge in [0.1, 0.15) is 11.6 Å². The van der Waals surface area contributed by atoms with E-state index in [1.807, 2.05) is 24.3 Å². The highest BCUT2D eigenvalue weighted by atomic mass is 35.5. The second-order valence-electron chi connectivity index (χ2n) is 8.34. The van der Waals surface area contributed by atoms with Crippen molar-refractivity contribution in [2.24, 2.45) is 0 Å². The van der Waals surface area contributed by atoms with Crippen molar-refractivity contribution >= 4 is 50.5 Å². The predicted octanol–water partition coefficient (Wildman–Crippen LogP) is 5.58. The number of benzene rings is 1. The minimum Gasteiger partial charge on any atom is -0.464 e. The van der Waals surface area contributed by atoms with Gasteiger partial charge in [-0.05, 0) is 50.7 Å². The van der Waals surface area contributed by atoms with Gasteiger partial charge in [-0.3, -0.25) is 14.5 Å². The first-order valence-electron chi connectivity index (χ1n) is 10.5. The summed E-state index contributed by atoms with van der Waals surface area (Å²) in [5.41, 5.74) is -0.231. The topological polar surface area (TPSA) is 85.4 Å². The molecule has 1 aromatic carbocycles. The van der Waals surface area contributed by atoms with Gasteiger partial charge in [0.25, 0.3) is 0 Å². The molecule has 0 saturated heterocycles. The number of hydrogen-bond donors (Lipinski definition) is 0. The number of halogens is 1. The third-order valence-corrected chi connectivity index (χ3v) is 6.30. The van der Waals surface area contributed by atoms with E-state index in [0.29, 0.717) is 10.4 Å². The van der Waals surface area contributed by atoms with Gasteiger partial charge >= 0.3 is 17.4 Å². The summed E-state index contributed by atoms with van der Waals surface area (Å²) in [5.74, 6) is -0.581. The van der Waals surface area contributed by atoms with Gasteiger partial charge in [0.2, 0.25) is 0 Å². The van der Waals surface area contributed by atoms with E-state index in [9.17, 15) is 14.4 Å². The number of rotatable bonds is 6. The Bertz CT molecular complexity index is 1060. The highest BCUT2D eigenvalue weighted by Crippen LogP contribution is 2.47. The zero-order valence-corrected chi connectivity index (χ0v) is 20.6. The molecule has 2 atom stereocenters. The van der Waals surface area contributed by atoms with Crippen LogP contribution in [0.5, 0.6) is 0 Å². The molecule has 2 unspecified atom stereocenters. The number of hydroxylamine groups is 2. The molecule has 0 spiro atoms. The average molecular weight is 495 g/mol. The largest absolute Gasteiger partial charge is 0.464 e. The molecule has 0 N–H and O–H groups in total. The summed E-state index contributed by atoms with van der Waals surface area (Å²) in [7, 11) is 0. The number of thiophene rings is 1. The number of esters is 1. The van der Waals surface area contributed by atoms with Crippen LogP contribution in [0.2, 0.25) is 0 Å². The maximum absolute atomic E-state index is 13.3. The van der Waals surface area contributed by atoms with Crippen LogP contribution in [0.4, 0.5) is 9.59 Å². The Kier molecular flexibility index (Phi) is 7.66. The average Bonchev–Trinajstić information content (AvgIpc) is 3.11. The lowest BCUT2D eigenvalue weighted by Gasteiger charge is -2.41. The summed E-state index contributed by atoms with van der Waals surface area (Å²) in [6.45, 7) is 10.6. The maximum Gasteiger partial charge on any atom is 0.411 e. The molecule has 3 rings (SSSR count). The molecule has 0 radical (unpaired) electrons. The summed E-state index contributed by atoms with van der Waals surface area (Å²) >= 11 is 7.27. The Hall–Kier alpha value is -2.62. The highest BCUT2D eigenvalue weighted by molar-refractivity contribution is 7.19. The number of carbonyl (C=O) groups excluding carboxylic acids is 3. The molecule has 178 valence electrons. The maximum atomic E-state index is 13.3. The van der Waals surface area contributed by atoms with Gasteiger partial charge in [-0.1, -0.05) is 24.3 Å². The van der Waals surface area contributed by atoms with Crippen molar-refractivity contribution in [2.75, 3.05) is 19.8 Å². The lowest BCUT2D eigenvalue weighted by atomic mass is 9.93. The van der Waals surface area contributed by atoms with E-state index in [-0.39, 0.29) is 19.8 Å². The molecule has 0 bridgehead atoms. The van der Waals surface area contributed by atoms with Crippen LogP contribution >= 0.6 is 22.9 Å². The van der Waals surface area contributed by atoms with Crippen molar-refractivity contribution in [3.05, 3.63) is 47.4 Å². The number of ether oxygens (including phenoxy) is 2. The quantitative estimate of drug-likeness (QED) is 0.171. The van der Waals surface area contributed by atoms with E-state index in [1.54, 1.807) is 27.7 Å². The Balaban J connectivity index is 2.22. The SMILES string of the molecule is C=CCON(C(=O)Cl)C1CN(C(=O)OC(C)(C)C)C(C(=O)OCC)c2c1sc1ccccc21. The molecule has 8 nitrogen and oxygen atoms in total. The van der Waals surface area contributed by atoms with Crippen LogP contribution in [-0.4, -0.2) is 52.8 Å². The van der Waals surface area contributed by atoms with E-state index in [2.05, 4.69) is 6.58 Å². The molecule has 33 heavy (non-hydrogen) atoms. The first-order valence-corrected chi connectivity index (χ1v) is 11.7. The lowest BCUT2D eigenvalue weighted by molar-refractivity contribution is -0.156. The number of amides is 2. The fourth-order valence-corrected chi connectivity index (χ4v) is 5.16. The summed E-state index contributed by atoms with van der Waals surface area (Å²) in [4.78, 5) is 46.2. The fourth-order valence-electron chi connectivity index (χ4n) is 3.69. The van der Waals surface area contributed by atoms with E-state index in [1.165, 1.54) is 22.3 Å². The van der Waals surface area contributed by atoms with Crippen molar-refractivity contribution in [1.82, 2.24) is 9.96 Å². The standard InChI is InChI=1S/C23H27ClN2O6S/c1-6-12-31-26(21(24)28)15-13-25(22(29)32-23(3,4)5)18(20(27)30-7-2)17-14-10-8-9-11-16(14)33-19(15)17/h6,8-11,15,18H,1,7,12-13H2,2-5H3. The third-order valence-electron chi connectivity index (χ3n) is 4.85. The van der Waals surface area contributed by atoms with Crippen LogP contribution in [0.25, 0.3) is 10.1 Å². The molecular weight excluding hydrogens is 468 g/mol. The second-order valence-corrected chi connectivity index (χ2v) is 9.75. The number of nitrogens with zero attached hydrogens (tertiary/aromatic N) is 2. The van der Waals surface area contributed by atoms with Gasteiger partial charge in [0, 0.05) is 15.1 Å². The van der Waals surface area contributed by atoms with Crippen LogP contribution in [0.3, 0.4) is 0 Å². The molecule has 2 heterocycles. The van der Waals surface area contributed by atoms with Gasteiger partial charge in [-0.2, -0.15) is 5.06 Å². The fraction of sp³-hybridized carbons (Fsp3) is 0.435. The Morgan fingerprint density at radius 3 is 2.61 bits per heavy atom. The van der Waals surface area contributed by atoms with Gasteiger partial charge in [-0.15, -0.1) is 17.9 Å². The van der Waals surface area contributed by atoms with Gasteiger partial charge in [0.15, 0.2) is 6.04 Å².